The number of nitrogens with zero attached hydrogens (tertiary/aromatic N) is 1. The van der Waals surface area contributed by atoms with E-state index in [-0.39, 0.29) is 6.10 Å². The predicted molar refractivity (Wildman–Crippen MR) is 83.9 cm³/mol. The van der Waals surface area contributed by atoms with E-state index in [2.05, 4.69) is 6.92 Å². The summed E-state index contributed by atoms with van der Waals surface area (Å²) < 4.78 is 10.9. The van der Waals surface area contributed by atoms with Gasteiger partial charge in [-0.1, -0.05) is 37.3 Å². The van der Waals surface area contributed by atoms with Gasteiger partial charge in [0.2, 0.25) is 0 Å². The third-order valence-corrected chi connectivity index (χ3v) is 4.41. The summed E-state index contributed by atoms with van der Waals surface area (Å²) in [7, 11) is 1.60. The number of hydrogen-bond acceptors (Lipinski definition) is 4. The highest BCUT2D eigenvalue weighted by atomic mass is 16.5. The van der Waals surface area contributed by atoms with Crippen molar-refractivity contribution in [1.29, 1.82) is 0 Å². The molecule has 1 saturated heterocycles. The van der Waals surface area contributed by atoms with Gasteiger partial charge in [0.05, 0.1) is 12.7 Å². The maximum absolute atomic E-state index is 12.3. The van der Waals surface area contributed by atoms with Crippen molar-refractivity contribution in [3.63, 3.8) is 0 Å². The van der Waals surface area contributed by atoms with Gasteiger partial charge < -0.3 is 14.6 Å². The van der Waals surface area contributed by atoms with Gasteiger partial charge in [0.25, 0.3) is 0 Å². The van der Waals surface area contributed by atoms with E-state index in [9.17, 15) is 9.90 Å². The van der Waals surface area contributed by atoms with Gasteiger partial charge in [-0.2, -0.15) is 0 Å². The van der Waals surface area contributed by atoms with Crippen LogP contribution in [0.5, 0.6) is 0 Å². The molecule has 0 bridgehead atoms. The lowest BCUT2D eigenvalue weighted by molar-refractivity contribution is -0.161. The van der Waals surface area contributed by atoms with E-state index < -0.39 is 11.5 Å². The average Bonchev–Trinajstić information content (AvgIpc) is 2.56. The highest BCUT2D eigenvalue weighted by molar-refractivity contribution is 5.81. The molecular formula is C17H25NO4. The number of rotatable bonds is 7. The topological polar surface area (TPSA) is 59.0 Å². The van der Waals surface area contributed by atoms with E-state index in [0.29, 0.717) is 32.7 Å². The molecule has 0 saturated carbocycles. The molecule has 2 rings (SSSR count). The Labute approximate surface area is 131 Å². The zero-order valence-corrected chi connectivity index (χ0v) is 13.3. The summed E-state index contributed by atoms with van der Waals surface area (Å²) in [5.41, 5.74) is -0.259. The second-order valence-electron chi connectivity index (χ2n) is 5.62. The number of carboxylic acid groups (broad SMARTS) is 1. The quantitative estimate of drug-likeness (QED) is 0.836. The lowest BCUT2D eigenvalue weighted by Crippen LogP contribution is -2.58. The highest BCUT2D eigenvalue weighted by Gasteiger charge is 2.47. The van der Waals surface area contributed by atoms with E-state index in [1.807, 2.05) is 35.2 Å². The molecule has 0 aromatic heterocycles. The fraction of sp³-hybridized carbons (Fsp3) is 0.588. The molecule has 2 unspecified atom stereocenters. The first-order valence-electron chi connectivity index (χ1n) is 7.79. The maximum atomic E-state index is 12.3. The summed E-state index contributed by atoms with van der Waals surface area (Å²) in [6.07, 6.45) is 1.38. The molecule has 5 heteroatoms. The van der Waals surface area contributed by atoms with Gasteiger partial charge in [-0.25, -0.2) is 4.79 Å². The summed E-state index contributed by atoms with van der Waals surface area (Å²) >= 11 is 0. The van der Waals surface area contributed by atoms with E-state index >= 15 is 0 Å². The van der Waals surface area contributed by atoms with Gasteiger partial charge in [-0.3, -0.25) is 4.90 Å². The smallest absolute Gasteiger partial charge is 0.328 e. The largest absolute Gasteiger partial charge is 0.480 e. The van der Waals surface area contributed by atoms with Crippen molar-refractivity contribution >= 4 is 5.97 Å². The van der Waals surface area contributed by atoms with Crippen molar-refractivity contribution in [2.24, 2.45) is 0 Å². The monoisotopic (exact) mass is 307 g/mol. The fourth-order valence-corrected chi connectivity index (χ4v) is 3.13. The lowest BCUT2D eigenvalue weighted by Gasteiger charge is -2.45. The first-order chi connectivity index (χ1) is 10.6. The van der Waals surface area contributed by atoms with Crippen LogP contribution in [0.3, 0.4) is 0 Å². The number of carboxylic acids is 1. The van der Waals surface area contributed by atoms with Crippen molar-refractivity contribution in [1.82, 2.24) is 4.90 Å². The molecule has 1 aromatic carbocycles. The number of methoxy groups -OCH3 is 1. The summed E-state index contributed by atoms with van der Waals surface area (Å²) in [6.45, 7) is 4.26. The molecule has 1 aliphatic rings. The Morgan fingerprint density at radius 2 is 2.18 bits per heavy atom. The van der Waals surface area contributed by atoms with Crippen LogP contribution >= 0.6 is 0 Å². The van der Waals surface area contributed by atoms with Crippen LogP contribution in [-0.4, -0.2) is 55.5 Å². The summed E-state index contributed by atoms with van der Waals surface area (Å²) in [4.78, 5) is 14.3. The van der Waals surface area contributed by atoms with Crippen molar-refractivity contribution in [3.05, 3.63) is 35.9 Å². The lowest BCUT2D eigenvalue weighted by atomic mass is 9.84. The number of benzene rings is 1. The van der Waals surface area contributed by atoms with Gasteiger partial charge in [0.1, 0.15) is 5.54 Å². The zero-order valence-electron chi connectivity index (χ0n) is 13.3. The minimum atomic E-state index is -1.06. The van der Waals surface area contributed by atoms with Crippen LogP contribution in [0.15, 0.2) is 30.3 Å². The van der Waals surface area contributed by atoms with E-state index in [4.69, 9.17) is 9.47 Å². The highest BCUT2D eigenvalue weighted by Crippen LogP contribution is 2.34. The molecule has 0 amide bonds. The molecule has 122 valence electrons. The van der Waals surface area contributed by atoms with Crippen LogP contribution in [0.1, 0.15) is 25.3 Å². The Kier molecular flexibility index (Phi) is 5.94. The third-order valence-electron chi connectivity index (χ3n) is 4.41. The number of carbonyl (C=O) groups is 1. The minimum absolute atomic E-state index is 0.0822. The van der Waals surface area contributed by atoms with Gasteiger partial charge in [0.15, 0.2) is 0 Å². The Balaban J connectivity index is 2.40. The average molecular weight is 307 g/mol. The Morgan fingerprint density at radius 3 is 2.77 bits per heavy atom. The molecule has 2 atom stereocenters. The van der Waals surface area contributed by atoms with Gasteiger partial charge >= 0.3 is 5.97 Å². The number of morpholine rings is 1. The standard InChI is InChI=1S/C17H25NO4/c1-3-15-13-18(10-12-22-15)17(16(19)20,9-11-21-2)14-7-5-4-6-8-14/h4-8,15H,3,9-13H2,1-2H3,(H,19,20). The molecule has 0 spiro atoms. The molecule has 1 N–H and O–H groups in total. The Hall–Kier alpha value is -1.43. The molecule has 1 fully saturated rings. The summed E-state index contributed by atoms with van der Waals surface area (Å²) in [5.74, 6) is -0.826. The van der Waals surface area contributed by atoms with Crippen molar-refractivity contribution in [2.75, 3.05) is 33.4 Å². The van der Waals surface area contributed by atoms with Gasteiger partial charge in [0, 0.05) is 33.2 Å². The fourth-order valence-electron chi connectivity index (χ4n) is 3.13. The maximum Gasteiger partial charge on any atom is 0.328 e. The second-order valence-corrected chi connectivity index (χ2v) is 5.62. The molecule has 0 aliphatic carbocycles. The molecule has 1 aromatic rings. The second kappa shape index (κ2) is 7.72. The number of ether oxygens (including phenoxy) is 2. The molecule has 1 heterocycles. The molecule has 22 heavy (non-hydrogen) atoms. The van der Waals surface area contributed by atoms with Crippen molar-refractivity contribution in [2.45, 2.75) is 31.4 Å². The van der Waals surface area contributed by atoms with Gasteiger partial charge in [-0.15, -0.1) is 0 Å². The normalized spacial score (nSPS) is 22.2. The third kappa shape index (κ3) is 3.32. The predicted octanol–water partition coefficient (Wildman–Crippen LogP) is 2.11. The van der Waals surface area contributed by atoms with E-state index in [1.165, 1.54) is 0 Å². The molecule has 5 nitrogen and oxygen atoms in total. The van der Waals surface area contributed by atoms with Crippen molar-refractivity contribution < 1.29 is 19.4 Å². The SMILES string of the molecule is CCC1CN(C(CCOC)(C(=O)O)c2ccccc2)CCO1. The van der Waals surface area contributed by atoms with Crippen LogP contribution in [-0.2, 0) is 19.8 Å². The van der Waals surface area contributed by atoms with Crippen LogP contribution in [0.2, 0.25) is 0 Å². The van der Waals surface area contributed by atoms with Gasteiger partial charge in [-0.05, 0) is 12.0 Å². The summed E-state index contributed by atoms with van der Waals surface area (Å²) in [5, 5.41) is 10.1. The number of aliphatic carboxylic acids is 1. The Morgan fingerprint density at radius 1 is 1.45 bits per heavy atom. The first-order valence-corrected chi connectivity index (χ1v) is 7.79. The van der Waals surface area contributed by atoms with Crippen LogP contribution in [0.4, 0.5) is 0 Å². The van der Waals surface area contributed by atoms with E-state index in [1.54, 1.807) is 7.11 Å². The molecular weight excluding hydrogens is 282 g/mol. The van der Waals surface area contributed by atoms with Crippen LogP contribution in [0.25, 0.3) is 0 Å². The number of hydrogen-bond donors (Lipinski definition) is 1. The van der Waals surface area contributed by atoms with E-state index in [0.717, 1.165) is 12.0 Å². The minimum Gasteiger partial charge on any atom is -0.480 e. The zero-order chi connectivity index (χ0) is 16.0. The Bertz CT molecular complexity index is 479. The van der Waals surface area contributed by atoms with Crippen molar-refractivity contribution in [3.8, 4) is 0 Å². The first kappa shape index (κ1) is 16.9. The molecule has 0 radical (unpaired) electrons. The van der Waals surface area contributed by atoms with Crippen LogP contribution < -0.4 is 0 Å². The molecule has 1 aliphatic heterocycles. The summed E-state index contributed by atoms with van der Waals surface area (Å²) in [6, 6.07) is 9.45. The van der Waals surface area contributed by atoms with Crippen LogP contribution in [0, 0.1) is 0 Å².